The molecule has 2 amide bonds. The van der Waals surface area contributed by atoms with Crippen molar-refractivity contribution in [2.45, 2.75) is 25.3 Å². The Bertz CT molecular complexity index is 938. The number of nitrogens with one attached hydrogen (secondary N) is 2. The Morgan fingerprint density at radius 2 is 1.88 bits per heavy atom. The molecule has 32 heavy (non-hydrogen) atoms. The van der Waals surface area contributed by atoms with Gasteiger partial charge in [-0.25, -0.2) is 9.78 Å². The first-order valence-corrected chi connectivity index (χ1v) is 9.95. The molecule has 1 heterocycles. The fraction of sp³-hybridized carbons (Fsp3) is 0.350. The number of nitrogens with two attached hydrogens (primary N) is 3. The molecule has 0 saturated carbocycles. The third kappa shape index (κ3) is 7.81. The molecule has 0 saturated heterocycles. The maximum Gasteiger partial charge on any atom is 0.409 e. The van der Waals surface area contributed by atoms with E-state index in [1.54, 1.807) is 36.4 Å². The first kappa shape index (κ1) is 24.5. The number of hydrogen-bond donors (Lipinski definition) is 5. The van der Waals surface area contributed by atoms with Gasteiger partial charge in [-0.2, -0.15) is 0 Å². The lowest BCUT2D eigenvalue weighted by atomic mass is 10.1. The van der Waals surface area contributed by atoms with Gasteiger partial charge in [0.25, 0.3) is 0 Å². The molecular weight excluding hydrogens is 416 g/mol. The summed E-state index contributed by atoms with van der Waals surface area (Å²) >= 11 is 0. The molecule has 1 atom stereocenters. The summed E-state index contributed by atoms with van der Waals surface area (Å²) < 4.78 is 10.2. The number of rotatable bonds is 11. The number of alkyl carbamates (subject to hydrolysis) is 1. The first-order chi connectivity index (χ1) is 15.4. The van der Waals surface area contributed by atoms with E-state index in [4.69, 9.17) is 26.7 Å². The third-order valence-electron chi connectivity index (χ3n) is 4.20. The van der Waals surface area contributed by atoms with Gasteiger partial charge < -0.3 is 37.3 Å². The highest BCUT2D eigenvalue weighted by molar-refractivity contribution is 5.94. The largest absolute Gasteiger partial charge is 0.455 e. The normalized spacial score (nSPS) is 11.7. The number of benzene rings is 1. The Hall–Kier alpha value is -3.77. The molecule has 0 aliphatic heterocycles. The summed E-state index contributed by atoms with van der Waals surface area (Å²) in [5.41, 5.74) is 18.0. The molecule has 8 N–H and O–H groups in total. The Morgan fingerprint density at radius 1 is 1.12 bits per heavy atom. The average molecular weight is 444 g/mol. The predicted molar refractivity (Wildman–Crippen MR) is 120 cm³/mol. The van der Waals surface area contributed by atoms with Crippen molar-refractivity contribution in [3.05, 3.63) is 36.4 Å². The Kier molecular flexibility index (Phi) is 9.81. The fourth-order valence-corrected chi connectivity index (χ4v) is 2.47. The molecule has 1 aromatic carbocycles. The monoisotopic (exact) mass is 444 g/mol. The van der Waals surface area contributed by atoms with Crippen LogP contribution in [0.4, 0.5) is 27.8 Å². The van der Waals surface area contributed by atoms with E-state index in [2.05, 4.69) is 25.8 Å². The number of carbonyl (C=O) groups excluding carboxylic acids is 2. The van der Waals surface area contributed by atoms with Crippen molar-refractivity contribution >= 4 is 35.0 Å². The molecular formula is C20H28N8O4. The average Bonchev–Trinajstić information content (AvgIpc) is 2.79. The number of nitrogens with zero attached hydrogens (tertiary/aromatic N) is 3. The van der Waals surface area contributed by atoms with Gasteiger partial charge in [-0.15, -0.1) is 10.2 Å². The topological polar surface area (TPSA) is 192 Å². The second-order valence-corrected chi connectivity index (χ2v) is 6.59. The van der Waals surface area contributed by atoms with Crippen LogP contribution >= 0.6 is 0 Å². The van der Waals surface area contributed by atoms with E-state index in [9.17, 15) is 9.59 Å². The van der Waals surface area contributed by atoms with Crippen LogP contribution < -0.4 is 32.6 Å². The summed E-state index contributed by atoms with van der Waals surface area (Å²) in [6, 6.07) is 9.27. The predicted octanol–water partition coefficient (Wildman–Crippen LogP) is 2.17. The summed E-state index contributed by atoms with van der Waals surface area (Å²) in [5.74, 6) is 0.341. The van der Waals surface area contributed by atoms with Crippen LogP contribution in [0.1, 0.15) is 19.3 Å². The van der Waals surface area contributed by atoms with Gasteiger partial charge in [-0.3, -0.25) is 4.79 Å². The number of nitrogen functional groups attached to an aromatic ring is 1. The molecule has 0 radical (unpaired) electrons. The molecule has 2 aromatic rings. The number of amides is 2. The van der Waals surface area contributed by atoms with Crippen LogP contribution in [0.2, 0.25) is 0 Å². The molecule has 0 aliphatic rings. The van der Waals surface area contributed by atoms with Crippen molar-refractivity contribution in [1.29, 1.82) is 0 Å². The van der Waals surface area contributed by atoms with Crippen LogP contribution in [0, 0.1) is 0 Å². The Morgan fingerprint density at radius 3 is 2.59 bits per heavy atom. The lowest BCUT2D eigenvalue weighted by molar-refractivity contribution is -0.117. The smallest absolute Gasteiger partial charge is 0.409 e. The summed E-state index contributed by atoms with van der Waals surface area (Å²) in [6.07, 6.45) is 1.48. The van der Waals surface area contributed by atoms with Crippen LogP contribution in [0.15, 0.2) is 46.6 Å². The number of pyridine rings is 1. The highest BCUT2D eigenvalue weighted by Gasteiger charge is 2.14. The van der Waals surface area contributed by atoms with Crippen LogP contribution in [0.3, 0.4) is 0 Å². The van der Waals surface area contributed by atoms with Gasteiger partial charge >= 0.3 is 6.09 Å². The molecule has 0 fully saturated rings. The van der Waals surface area contributed by atoms with E-state index < -0.39 is 12.1 Å². The van der Waals surface area contributed by atoms with E-state index in [-0.39, 0.29) is 24.3 Å². The molecule has 0 unspecified atom stereocenters. The van der Waals surface area contributed by atoms with Crippen molar-refractivity contribution in [3.8, 4) is 5.75 Å². The number of hydrogen-bond acceptors (Lipinski definition) is 10. The number of carbonyl (C=O) groups is 2. The minimum absolute atomic E-state index is 0.0737. The molecule has 0 aliphatic carbocycles. The minimum Gasteiger partial charge on any atom is -0.455 e. The summed E-state index contributed by atoms with van der Waals surface area (Å²) in [5, 5.41) is 13.2. The number of azo groups is 1. The summed E-state index contributed by atoms with van der Waals surface area (Å²) in [7, 11) is 1.44. The zero-order valence-electron chi connectivity index (χ0n) is 17.8. The lowest BCUT2D eigenvalue weighted by Crippen LogP contribution is -2.35. The van der Waals surface area contributed by atoms with Gasteiger partial charge in [0.05, 0.1) is 6.04 Å². The SMILES string of the molecule is CNC(=O)OCOc1ccccc1N=Nc1ccc(NC(=O)[C@@H](N)CCCCN)nc1N. The molecule has 0 spiro atoms. The summed E-state index contributed by atoms with van der Waals surface area (Å²) in [4.78, 5) is 27.4. The highest BCUT2D eigenvalue weighted by Crippen LogP contribution is 2.30. The van der Waals surface area contributed by atoms with Gasteiger partial charge in [-0.05, 0) is 43.7 Å². The first-order valence-electron chi connectivity index (χ1n) is 9.95. The zero-order chi connectivity index (χ0) is 23.3. The second kappa shape index (κ2) is 12.8. The third-order valence-corrected chi connectivity index (χ3v) is 4.20. The van der Waals surface area contributed by atoms with Crippen LogP contribution in [-0.2, 0) is 9.53 Å². The number of unbranched alkanes of at least 4 members (excludes halogenated alkanes) is 1. The van der Waals surface area contributed by atoms with Gasteiger partial charge in [0.1, 0.15) is 17.2 Å². The van der Waals surface area contributed by atoms with Crippen molar-refractivity contribution in [3.63, 3.8) is 0 Å². The van der Waals surface area contributed by atoms with Crippen LogP contribution in [0.5, 0.6) is 5.75 Å². The molecule has 12 heteroatoms. The van der Waals surface area contributed by atoms with E-state index in [1.165, 1.54) is 7.05 Å². The molecule has 172 valence electrons. The maximum absolute atomic E-state index is 12.2. The number of anilines is 2. The quantitative estimate of drug-likeness (QED) is 0.198. The Labute approximate surface area is 185 Å². The summed E-state index contributed by atoms with van der Waals surface area (Å²) in [6.45, 7) is 0.265. The minimum atomic E-state index is -0.659. The van der Waals surface area contributed by atoms with Gasteiger partial charge in [0.2, 0.25) is 12.7 Å². The number of para-hydroxylation sites is 1. The number of aromatic nitrogens is 1. The van der Waals surface area contributed by atoms with E-state index in [0.717, 1.165) is 12.8 Å². The van der Waals surface area contributed by atoms with E-state index in [1.807, 2.05) is 0 Å². The molecule has 1 aromatic heterocycles. The standard InChI is InChI=1S/C20H28N8O4/c1-24-20(30)32-12-31-16-8-3-2-7-14(16)27-28-15-9-10-17(25-18(15)23)26-19(29)13(22)6-4-5-11-21/h2-3,7-10,13H,4-6,11-12,21-22H2,1H3,(H,24,30)(H3,23,25,26,29)/t13-/m0/s1. The van der Waals surface area contributed by atoms with Crippen LogP contribution in [0.25, 0.3) is 0 Å². The van der Waals surface area contributed by atoms with Crippen molar-refractivity contribution in [1.82, 2.24) is 10.3 Å². The van der Waals surface area contributed by atoms with Crippen molar-refractivity contribution in [2.24, 2.45) is 21.7 Å². The van der Waals surface area contributed by atoms with Gasteiger partial charge in [0, 0.05) is 7.05 Å². The second-order valence-electron chi connectivity index (χ2n) is 6.59. The zero-order valence-corrected chi connectivity index (χ0v) is 17.8. The highest BCUT2D eigenvalue weighted by atomic mass is 16.7. The van der Waals surface area contributed by atoms with Crippen molar-refractivity contribution in [2.75, 3.05) is 31.4 Å². The van der Waals surface area contributed by atoms with Gasteiger partial charge in [-0.1, -0.05) is 18.6 Å². The number of ether oxygens (including phenoxy) is 2. The van der Waals surface area contributed by atoms with Gasteiger partial charge in [0.15, 0.2) is 11.6 Å². The molecule has 0 bridgehead atoms. The van der Waals surface area contributed by atoms with Crippen molar-refractivity contribution < 1.29 is 19.1 Å². The van der Waals surface area contributed by atoms with E-state index >= 15 is 0 Å². The van der Waals surface area contributed by atoms with E-state index in [0.29, 0.717) is 30.1 Å². The van der Waals surface area contributed by atoms with Crippen LogP contribution in [-0.4, -0.2) is 43.4 Å². The fourth-order valence-electron chi connectivity index (χ4n) is 2.47. The maximum atomic E-state index is 12.2. The Balaban J connectivity index is 2.01. The molecule has 12 nitrogen and oxygen atoms in total. The lowest BCUT2D eigenvalue weighted by Gasteiger charge is -2.12. The molecule has 2 rings (SSSR count).